The fourth-order valence-electron chi connectivity index (χ4n) is 0.631. The zero-order valence-corrected chi connectivity index (χ0v) is 5.79. The minimum atomic E-state index is -0.0799. The van der Waals surface area contributed by atoms with Crippen molar-refractivity contribution in [3.63, 3.8) is 0 Å². The lowest BCUT2D eigenvalue weighted by Crippen LogP contribution is -2.14. The molecule has 2 nitrogen and oxygen atoms in total. The number of hydrogen-bond donors (Lipinski definition) is 1. The molecule has 0 radical (unpaired) electrons. The Balaban J connectivity index is 2.79. The van der Waals surface area contributed by atoms with Crippen LogP contribution in [-0.2, 0) is 4.79 Å². The van der Waals surface area contributed by atoms with E-state index in [1.165, 1.54) is 6.08 Å². The Labute approximate surface area is 59.9 Å². The van der Waals surface area contributed by atoms with Crippen molar-refractivity contribution in [3.05, 3.63) is 36.1 Å². The fraction of sp³-hybridized carbons (Fsp3) is 0.125. The van der Waals surface area contributed by atoms with Gasteiger partial charge in [0.15, 0.2) is 0 Å². The SMILES string of the molecule is CC1=CNC(=O)C=CC=C1. The molecule has 0 fully saturated rings. The molecule has 1 heterocycles. The van der Waals surface area contributed by atoms with Gasteiger partial charge in [-0.2, -0.15) is 0 Å². The van der Waals surface area contributed by atoms with Crippen LogP contribution < -0.4 is 5.32 Å². The van der Waals surface area contributed by atoms with Crippen LogP contribution in [0.5, 0.6) is 0 Å². The zero-order chi connectivity index (χ0) is 7.40. The Morgan fingerprint density at radius 1 is 1.30 bits per heavy atom. The van der Waals surface area contributed by atoms with Crippen molar-refractivity contribution in [1.29, 1.82) is 0 Å². The summed E-state index contributed by atoms with van der Waals surface area (Å²) in [5.74, 6) is -0.0799. The predicted octanol–water partition coefficient (Wildman–Crippen LogP) is 1.13. The van der Waals surface area contributed by atoms with E-state index in [1.54, 1.807) is 12.3 Å². The van der Waals surface area contributed by atoms with Crippen LogP contribution in [0.2, 0.25) is 0 Å². The maximum absolute atomic E-state index is 10.7. The van der Waals surface area contributed by atoms with Gasteiger partial charge in [-0.1, -0.05) is 18.2 Å². The van der Waals surface area contributed by atoms with Gasteiger partial charge in [-0.3, -0.25) is 4.79 Å². The van der Waals surface area contributed by atoms with Gasteiger partial charge in [-0.05, 0) is 12.5 Å². The summed E-state index contributed by atoms with van der Waals surface area (Å²) in [7, 11) is 0. The van der Waals surface area contributed by atoms with Crippen LogP contribution in [0, 0.1) is 0 Å². The lowest BCUT2D eigenvalue weighted by Gasteiger charge is -1.96. The molecule has 0 spiro atoms. The standard InChI is InChI=1S/C8H9NO/c1-7-4-2-3-5-8(10)9-6-7/h2-6H,1H3,(H,9,10). The smallest absolute Gasteiger partial charge is 0.247 e. The van der Waals surface area contributed by atoms with Crippen LogP contribution in [0.4, 0.5) is 0 Å². The number of rotatable bonds is 0. The van der Waals surface area contributed by atoms with Gasteiger partial charge >= 0.3 is 0 Å². The van der Waals surface area contributed by atoms with E-state index in [-0.39, 0.29) is 5.91 Å². The molecule has 0 unspecified atom stereocenters. The van der Waals surface area contributed by atoms with E-state index in [0.29, 0.717) is 0 Å². The lowest BCUT2D eigenvalue weighted by molar-refractivity contribution is -0.115. The van der Waals surface area contributed by atoms with Crippen LogP contribution in [0.25, 0.3) is 0 Å². The summed E-state index contributed by atoms with van der Waals surface area (Å²) < 4.78 is 0. The molecule has 1 N–H and O–H groups in total. The van der Waals surface area contributed by atoms with Crippen LogP contribution in [0.3, 0.4) is 0 Å². The highest BCUT2D eigenvalue weighted by Crippen LogP contribution is 1.95. The molecule has 0 bridgehead atoms. The van der Waals surface area contributed by atoms with Gasteiger partial charge in [-0.25, -0.2) is 0 Å². The summed E-state index contributed by atoms with van der Waals surface area (Å²) in [4.78, 5) is 10.7. The summed E-state index contributed by atoms with van der Waals surface area (Å²) in [5, 5.41) is 2.60. The molecule has 0 atom stereocenters. The number of nitrogens with one attached hydrogen (secondary N) is 1. The van der Waals surface area contributed by atoms with Crippen LogP contribution in [0.15, 0.2) is 36.1 Å². The Hall–Kier alpha value is -1.31. The summed E-state index contributed by atoms with van der Waals surface area (Å²) in [6.07, 6.45) is 8.65. The maximum atomic E-state index is 10.7. The summed E-state index contributed by atoms with van der Waals surface area (Å²) in [6.45, 7) is 1.93. The fourth-order valence-corrected chi connectivity index (χ4v) is 0.631. The molecule has 0 saturated heterocycles. The highest BCUT2D eigenvalue weighted by molar-refractivity contribution is 5.88. The number of hydrogen-bond acceptors (Lipinski definition) is 1. The molecule has 1 rings (SSSR count). The van der Waals surface area contributed by atoms with Crippen LogP contribution >= 0.6 is 0 Å². The number of amides is 1. The monoisotopic (exact) mass is 135 g/mol. The zero-order valence-electron chi connectivity index (χ0n) is 5.79. The third-order valence-corrected chi connectivity index (χ3v) is 1.16. The number of carbonyl (C=O) groups is 1. The number of allylic oxidation sites excluding steroid dienone is 4. The van der Waals surface area contributed by atoms with E-state index in [2.05, 4.69) is 5.32 Å². The minimum absolute atomic E-state index is 0.0799. The lowest BCUT2D eigenvalue weighted by atomic mass is 10.2. The first-order valence-corrected chi connectivity index (χ1v) is 3.11. The van der Waals surface area contributed by atoms with Gasteiger partial charge in [0.1, 0.15) is 0 Å². The van der Waals surface area contributed by atoms with E-state index in [4.69, 9.17) is 0 Å². The second kappa shape index (κ2) is 3.01. The molecule has 0 aromatic heterocycles. The molecule has 1 amide bonds. The largest absolute Gasteiger partial charge is 0.329 e. The summed E-state index contributed by atoms with van der Waals surface area (Å²) in [6, 6.07) is 0. The number of carbonyl (C=O) groups excluding carboxylic acids is 1. The molecule has 52 valence electrons. The van der Waals surface area contributed by atoms with E-state index in [9.17, 15) is 4.79 Å². The summed E-state index contributed by atoms with van der Waals surface area (Å²) in [5.41, 5.74) is 1.04. The van der Waals surface area contributed by atoms with E-state index in [0.717, 1.165) is 5.57 Å². The van der Waals surface area contributed by atoms with Gasteiger partial charge in [-0.15, -0.1) is 0 Å². The van der Waals surface area contributed by atoms with Crippen molar-refractivity contribution in [1.82, 2.24) is 5.32 Å². The van der Waals surface area contributed by atoms with Gasteiger partial charge < -0.3 is 5.32 Å². The Morgan fingerprint density at radius 3 is 2.80 bits per heavy atom. The molecule has 1 aliphatic heterocycles. The molecular formula is C8H9NO. The van der Waals surface area contributed by atoms with Gasteiger partial charge in [0.05, 0.1) is 0 Å². The quantitative estimate of drug-likeness (QED) is 0.530. The second-order valence-corrected chi connectivity index (χ2v) is 2.12. The first kappa shape index (κ1) is 6.81. The van der Waals surface area contributed by atoms with Crippen molar-refractivity contribution in [2.24, 2.45) is 0 Å². The summed E-state index contributed by atoms with van der Waals surface area (Å²) >= 11 is 0. The minimum Gasteiger partial charge on any atom is -0.329 e. The Kier molecular flexibility index (Phi) is 2.05. The maximum Gasteiger partial charge on any atom is 0.247 e. The first-order chi connectivity index (χ1) is 4.79. The molecule has 2 heteroatoms. The van der Waals surface area contributed by atoms with Crippen LogP contribution in [0.1, 0.15) is 6.92 Å². The molecule has 0 aliphatic carbocycles. The van der Waals surface area contributed by atoms with Gasteiger partial charge in [0.25, 0.3) is 0 Å². The average Bonchev–Trinajstić information content (AvgIpc) is 1.90. The third-order valence-electron chi connectivity index (χ3n) is 1.16. The molecule has 1 aliphatic rings. The molecular weight excluding hydrogens is 126 g/mol. The van der Waals surface area contributed by atoms with Crippen molar-refractivity contribution < 1.29 is 4.79 Å². The van der Waals surface area contributed by atoms with Gasteiger partial charge in [0.2, 0.25) is 5.91 Å². The topological polar surface area (TPSA) is 29.1 Å². The van der Waals surface area contributed by atoms with Crippen molar-refractivity contribution in [3.8, 4) is 0 Å². The average molecular weight is 135 g/mol. The van der Waals surface area contributed by atoms with E-state index >= 15 is 0 Å². The molecule has 10 heavy (non-hydrogen) atoms. The molecule has 0 aromatic carbocycles. The Morgan fingerprint density at radius 2 is 2.00 bits per heavy atom. The van der Waals surface area contributed by atoms with Crippen molar-refractivity contribution in [2.75, 3.05) is 0 Å². The van der Waals surface area contributed by atoms with Crippen molar-refractivity contribution >= 4 is 5.91 Å². The van der Waals surface area contributed by atoms with E-state index in [1.807, 2.05) is 19.1 Å². The third kappa shape index (κ3) is 1.90. The molecule has 0 aromatic rings. The Bertz CT molecular complexity index is 223. The highest BCUT2D eigenvalue weighted by Gasteiger charge is 1.91. The van der Waals surface area contributed by atoms with E-state index < -0.39 is 0 Å². The van der Waals surface area contributed by atoms with Crippen LogP contribution in [-0.4, -0.2) is 5.91 Å². The first-order valence-electron chi connectivity index (χ1n) is 3.11. The second-order valence-electron chi connectivity index (χ2n) is 2.12. The van der Waals surface area contributed by atoms with Gasteiger partial charge in [0, 0.05) is 12.3 Å². The van der Waals surface area contributed by atoms with Crippen molar-refractivity contribution in [2.45, 2.75) is 6.92 Å². The molecule has 0 saturated carbocycles. The predicted molar refractivity (Wildman–Crippen MR) is 40.2 cm³/mol. The normalized spacial score (nSPS) is 17.3. The highest BCUT2D eigenvalue weighted by atomic mass is 16.1.